The molecule has 5 nitrogen and oxygen atoms in total. The third-order valence-corrected chi connectivity index (χ3v) is 6.52. The van der Waals surface area contributed by atoms with Crippen molar-refractivity contribution in [1.29, 1.82) is 0 Å². The number of aromatic nitrogens is 2. The molecule has 0 radical (unpaired) electrons. The number of thiocarbonyl (C=S) groups is 1. The molecule has 2 heterocycles. The van der Waals surface area contributed by atoms with Crippen LogP contribution in [0.5, 0.6) is 5.75 Å². The summed E-state index contributed by atoms with van der Waals surface area (Å²) in [6.45, 7) is 6.79. The van der Waals surface area contributed by atoms with Crippen LogP contribution in [-0.4, -0.2) is 38.6 Å². The second-order valence-electron chi connectivity index (χ2n) is 8.08. The zero-order valence-electron chi connectivity index (χ0n) is 18.5. The van der Waals surface area contributed by atoms with Crippen LogP contribution in [0, 0.1) is 12.8 Å². The van der Waals surface area contributed by atoms with E-state index in [1.807, 2.05) is 66.3 Å². The molecule has 0 bridgehead atoms. The molecule has 0 unspecified atom stereocenters. The van der Waals surface area contributed by atoms with E-state index in [0.29, 0.717) is 21.7 Å². The van der Waals surface area contributed by atoms with Crippen LogP contribution in [0.4, 0.5) is 0 Å². The highest BCUT2D eigenvalue weighted by atomic mass is 32.2. The highest BCUT2D eigenvalue weighted by molar-refractivity contribution is 8.26. The molecule has 0 N–H and O–H groups in total. The average Bonchev–Trinajstić information content (AvgIpc) is 3.31. The number of amides is 1. The van der Waals surface area contributed by atoms with Gasteiger partial charge in [0, 0.05) is 23.9 Å². The lowest BCUT2D eigenvalue weighted by Gasteiger charge is -2.16. The number of aryl methyl sites for hydroxylation is 1. The highest BCUT2D eigenvalue weighted by Gasteiger charge is 2.32. The molecule has 3 aromatic rings. The van der Waals surface area contributed by atoms with Crippen molar-refractivity contribution >= 4 is 40.3 Å². The van der Waals surface area contributed by atoms with Gasteiger partial charge in [-0.05, 0) is 54.8 Å². The normalized spacial score (nSPS) is 15.3. The van der Waals surface area contributed by atoms with Crippen molar-refractivity contribution in [2.24, 2.45) is 5.92 Å². The Hall–Kier alpha value is -2.90. The van der Waals surface area contributed by atoms with Crippen LogP contribution < -0.4 is 4.74 Å². The number of para-hydroxylation sites is 1. The highest BCUT2D eigenvalue weighted by Crippen LogP contribution is 2.36. The summed E-state index contributed by atoms with van der Waals surface area (Å²) in [7, 11) is 1.66. The second kappa shape index (κ2) is 9.30. The summed E-state index contributed by atoms with van der Waals surface area (Å²) in [6, 6.07) is 15.9. The average molecular weight is 464 g/mol. The standard InChI is InChI=1S/C25H25N3O2S2/c1-16(2)14-27-24(29)22(32-25(27)31)13-19-15-28(20-8-6-5-7-9-20)26-23(19)18-10-11-21(30-4)17(3)12-18/h5-13,15-16H,14H2,1-4H3/b22-13-. The van der Waals surface area contributed by atoms with E-state index < -0.39 is 0 Å². The fourth-order valence-electron chi connectivity index (χ4n) is 3.62. The number of rotatable bonds is 6. The number of ether oxygens (including phenoxy) is 1. The third kappa shape index (κ3) is 4.49. The first-order valence-corrected chi connectivity index (χ1v) is 11.7. The van der Waals surface area contributed by atoms with Crippen LogP contribution in [-0.2, 0) is 4.79 Å². The van der Waals surface area contributed by atoms with Crippen LogP contribution in [0.1, 0.15) is 25.0 Å². The Balaban J connectivity index is 1.80. The molecular formula is C25H25N3O2S2. The van der Waals surface area contributed by atoms with Crippen molar-refractivity contribution in [2.75, 3.05) is 13.7 Å². The lowest BCUT2D eigenvalue weighted by atomic mass is 10.0. The van der Waals surface area contributed by atoms with E-state index in [-0.39, 0.29) is 5.91 Å². The SMILES string of the molecule is COc1ccc(-c2nn(-c3ccccc3)cc2/C=C2\SC(=S)N(CC(C)C)C2=O)cc1C. The molecule has 1 amide bonds. The van der Waals surface area contributed by atoms with Crippen LogP contribution in [0.15, 0.2) is 59.6 Å². The maximum Gasteiger partial charge on any atom is 0.266 e. The van der Waals surface area contributed by atoms with Crippen molar-refractivity contribution in [3.63, 3.8) is 0 Å². The summed E-state index contributed by atoms with van der Waals surface area (Å²) < 4.78 is 7.86. The van der Waals surface area contributed by atoms with E-state index in [2.05, 4.69) is 19.9 Å². The largest absolute Gasteiger partial charge is 0.496 e. The van der Waals surface area contributed by atoms with Gasteiger partial charge in [0.05, 0.1) is 17.7 Å². The molecule has 0 spiro atoms. The molecule has 1 aliphatic heterocycles. The Morgan fingerprint density at radius 2 is 1.94 bits per heavy atom. The number of nitrogens with zero attached hydrogens (tertiary/aromatic N) is 3. The second-order valence-corrected chi connectivity index (χ2v) is 9.76. The number of hydrogen-bond donors (Lipinski definition) is 0. The molecule has 2 aromatic carbocycles. The van der Waals surface area contributed by atoms with Gasteiger partial charge in [-0.2, -0.15) is 5.10 Å². The zero-order valence-corrected chi connectivity index (χ0v) is 20.2. The quantitative estimate of drug-likeness (QED) is 0.346. The molecular weight excluding hydrogens is 438 g/mol. The van der Waals surface area contributed by atoms with Gasteiger partial charge in [-0.15, -0.1) is 0 Å². The maximum atomic E-state index is 13.0. The van der Waals surface area contributed by atoms with Gasteiger partial charge in [0.15, 0.2) is 0 Å². The van der Waals surface area contributed by atoms with E-state index in [1.165, 1.54) is 11.8 Å². The fourth-order valence-corrected chi connectivity index (χ4v) is 4.89. The smallest absolute Gasteiger partial charge is 0.266 e. The van der Waals surface area contributed by atoms with Crippen molar-refractivity contribution < 1.29 is 9.53 Å². The minimum absolute atomic E-state index is 0.0435. The molecule has 7 heteroatoms. The van der Waals surface area contributed by atoms with E-state index in [1.54, 1.807) is 12.0 Å². The third-order valence-electron chi connectivity index (χ3n) is 5.14. The van der Waals surface area contributed by atoms with Crippen molar-refractivity contribution in [2.45, 2.75) is 20.8 Å². The summed E-state index contributed by atoms with van der Waals surface area (Å²) in [4.78, 5) is 15.3. The van der Waals surface area contributed by atoms with E-state index in [4.69, 9.17) is 22.1 Å². The van der Waals surface area contributed by atoms with Crippen LogP contribution in [0.2, 0.25) is 0 Å². The predicted octanol–water partition coefficient (Wildman–Crippen LogP) is 5.71. The summed E-state index contributed by atoms with van der Waals surface area (Å²) in [5.74, 6) is 1.13. The summed E-state index contributed by atoms with van der Waals surface area (Å²) in [5.41, 5.74) is 4.60. The fraction of sp³-hybridized carbons (Fsp3) is 0.240. The first kappa shape index (κ1) is 22.3. The minimum Gasteiger partial charge on any atom is -0.496 e. The van der Waals surface area contributed by atoms with Gasteiger partial charge in [0.2, 0.25) is 0 Å². The van der Waals surface area contributed by atoms with Gasteiger partial charge >= 0.3 is 0 Å². The molecule has 1 aliphatic rings. The topological polar surface area (TPSA) is 47.4 Å². The van der Waals surface area contributed by atoms with Gasteiger partial charge < -0.3 is 4.74 Å². The van der Waals surface area contributed by atoms with Gasteiger partial charge in [-0.1, -0.05) is 56.0 Å². The van der Waals surface area contributed by atoms with Gasteiger partial charge in [-0.3, -0.25) is 9.69 Å². The van der Waals surface area contributed by atoms with Crippen LogP contribution in [0.25, 0.3) is 23.0 Å². The van der Waals surface area contributed by atoms with Crippen molar-refractivity contribution in [3.8, 4) is 22.7 Å². The first-order chi connectivity index (χ1) is 15.4. The first-order valence-electron chi connectivity index (χ1n) is 10.4. The molecule has 4 rings (SSSR count). The Bertz CT molecular complexity index is 1200. The molecule has 1 fully saturated rings. The number of hydrogen-bond acceptors (Lipinski definition) is 5. The Labute approximate surface area is 198 Å². The maximum absolute atomic E-state index is 13.0. The Morgan fingerprint density at radius 1 is 1.19 bits per heavy atom. The predicted molar refractivity (Wildman–Crippen MR) is 135 cm³/mol. The summed E-state index contributed by atoms with van der Waals surface area (Å²) >= 11 is 6.82. The lowest BCUT2D eigenvalue weighted by Crippen LogP contribution is -2.31. The number of benzene rings is 2. The van der Waals surface area contributed by atoms with Gasteiger partial charge in [0.1, 0.15) is 15.8 Å². The van der Waals surface area contributed by atoms with E-state index >= 15 is 0 Å². The molecule has 0 atom stereocenters. The molecule has 1 saturated heterocycles. The summed E-state index contributed by atoms with van der Waals surface area (Å²) in [5, 5.41) is 4.87. The van der Waals surface area contributed by atoms with Gasteiger partial charge in [0.25, 0.3) is 5.91 Å². The van der Waals surface area contributed by atoms with E-state index in [0.717, 1.165) is 33.8 Å². The molecule has 1 aromatic heterocycles. The molecule has 32 heavy (non-hydrogen) atoms. The molecule has 0 aliphatic carbocycles. The zero-order chi connectivity index (χ0) is 22.8. The Morgan fingerprint density at radius 3 is 2.59 bits per heavy atom. The molecule has 164 valence electrons. The summed E-state index contributed by atoms with van der Waals surface area (Å²) in [6.07, 6.45) is 3.86. The number of thioether (sulfide) groups is 1. The van der Waals surface area contributed by atoms with Crippen molar-refractivity contribution in [3.05, 3.63) is 70.8 Å². The van der Waals surface area contributed by atoms with Crippen LogP contribution >= 0.6 is 24.0 Å². The number of carbonyl (C=O) groups is 1. The molecule has 0 saturated carbocycles. The number of carbonyl (C=O) groups excluding carboxylic acids is 1. The number of methoxy groups -OCH3 is 1. The van der Waals surface area contributed by atoms with Crippen LogP contribution in [0.3, 0.4) is 0 Å². The lowest BCUT2D eigenvalue weighted by molar-refractivity contribution is -0.122. The van der Waals surface area contributed by atoms with E-state index in [9.17, 15) is 4.79 Å². The van der Waals surface area contributed by atoms with Gasteiger partial charge in [-0.25, -0.2) is 4.68 Å². The monoisotopic (exact) mass is 463 g/mol. The van der Waals surface area contributed by atoms with Crippen molar-refractivity contribution in [1.82, 2.24) is 14.7 Å². The Kier molecular flexibility index (Phi) is 6.48. The minimum atomic E-state index is -0.0435.